The van der Waals surface area contributed by atoms with Crippen LogP contribution in [0.1, 0.15) is 60.2 Å². The lowest BCUT2D eigenvalue weighted by Crippen LogP contribution is -2.34. The Hall–Kier alpha value is -3.16. The fourth-order valence-electron chi connectivity index (χ4n) is 4.09. The zero-order valence-corrected chi connectivity index (χ0v) is 19.4. The Kier molecular flexibility index (Phi) is 7.19. The fourth-order valence-corrected chi connectivity index (χ4v) is 4.09. The number of benzene rings is 2. The molecule has 3 atom stereocenters. The van der Waals surface area contributed by atoms with E-state index in [1.807, 2.05) is 24.3 Å². The van der Waals surface area contributed by atoms with Gasteiger partial charge in [0.1, 0.15) is 5.82 Å². The van der Waals surface area contributed by atoms with Gasteiger partial charge in [-0.15, -0.1) is 0 Å². The van der Waals surface area contributed by atoms with E-state index in [1.54, 1.807) is 12.2 Å². The van der Waals surface area contributed by atoms with Gasteiger partial charge in [-0.1, -0.05) is 57.2 Å². The second-order valence-corrected chi connectivity index (χ2v) is 9.46. The molecule has 4 nitrogen and oxygen atoms in total. The summed E-state index contributed by atoms with van der Waals surface area (Å²) in [5.74, 6) is -3.31. The molecule has 2 aromatic carbocycles. The van der Waals surface area contributed by atoms with Gasteiger partial charge >= 0.3 is 12.1 Å². The molecular formula is C26H27F4NO3. The summed E-state index contributed by atoms with van der Waals surface area (Å²) in [6, 6.07) is 8.87. The number of allylic oxidation sites excluding steroid dienone is 1. The molecule has 182 valence electrons. The Bertz CT molecular complexity index is 1080. The zero-order chi connectivity index (χ0) is 25.3. The molecule has 3 rings (SSSR count). The zero-order valence-electron chi connectivity index (χ0n) is 19.4. The van der Waals surface area contributed by atoms with Gasteiger partial charge in [-0.25, -0.2) is 4.39 Å². The first kappa shape index (κ1) is 25.5. The van der Waals surface area contributed by atoms with Crippen LogP contribution in [0.3, 0.4) is 0 Å². The Morgan fingerprint density at radius 1 is 1.00 bits per heavy atom. The number of alkyl halides is 3. The Morgan fingerprint density at radius 2 is 1.65 bits per heavy atom. The molecule has 8 heteroatoms. The average Bonchev–Trinajstić information content (AvgIpc) is 3.20. The van der Waals surface area contributed by atoms with Crippen LogP contribution in [0.2, 0.25) is 0 Å². The number of rotatable bonds is 5. The predicted octanol–water partition coefficient (Wildman–Crippen LogP) is 5.77. The van der Waals surface area contributed by atoms with Gasteiger partial charge in [0.05, 0.1) is 18.6 Å². The summed E-state index contributed by atoms with van der Waals surface area (Å²) in [5, 5.41) is 2.61. The first-order valence-corrected chi connectivity index (χ1v) is 10.8. The summed E-state index contributed by atoms with van der Waals surface area (Å²) in [5.41, 5.74) is 0.167. The number of ether oxygens (including phenoxy) is 1. The van der Waals surface area contributed by atoms with Gasteiger partial charge in [0, 0.05) is 11.6 Å². The summed E-state index contributed by atoms with van der Waals surface area (Å²) < 4.78 is 57.6. The monoisotopic (exact) mass is 477 g/mol. The van der Waals surface area contributed by atoms with Gasteiger partial charge in [-0.05, 0) is 47.1 Å². The molecule has 0 radical (unpaired) electrons. The van der Waals surface area contributed by atoms with Crippen LogP contribution in [0, 0.1) is 11.7 Å². The Balaban J connectivity index is 1.75. The largest absolute Gasteiger partial charge is 0.469 e. The first-order chi connectivity index (χ1) is 15.8. The van der Waals surface area contributed by atoms with Crippen LogP contribution in [-0.4, -0.2) is 25.0 Å². The molecule has 0 bridgehead atoms. The van der Waals surface area contributed by atoms with Crippen molar-refractivity contribution < 1.29 is 31.9 Å². The first-order valence-electron chi connectivity index (χ1n) is 10.8. The van der Waals surface area contributed by atoms with Crippen molar-refractivity contribution in [3.63, 3.8) is 0 Å². The van der Waals surface area contributed by atoms with Crippen LogP contribution in [-0.2, 0) is 21.1 Å². The molecule has 0 aromatic heterocycles. The van der Waals surface area contributed by atoms with Crippen LogP contribution in [0.25, 0.3) is 0 Å². The van der Waals surface area contributed by atoms with Crippen LogP contribution >= 0.6 is 0 Å². The second-order valence-electron chi connectivity index (χ2n) is 9.46. The highest BCUT2D eigenvalue weighted by atomic mass is 19.4. The normalized spacial score (nSPS) is 19.1. The highest BCUT2D eigenvalue weighted by Gasteiger charge is 2.35. The van der Waals surface area contributed by atoms with Gasteiger partial charge < -0.3 is 10.1 Å². The summed E-state index contributed by atoms with van der Waals surface area (Å²) >= 11 is 0. The fraction of sp³-hybridized carbons (Fsp3) is 0.385. The number of carbonyl (C=O) groups is 2. The smallest absolute Gasteiger partial charge is 0.416 e. The molecule has 0 unspecified atom stereocenters. The lowest BCUT2D eigenvalue weighted by atomic mass is 9.82. The minimum absolute atomic E-state index is 0.0508. The lowest BCUT2D eigenvalue weighted by Gasteiger charge is -2.24. The minimum atomic E-state index is -4.77. The lowest BCUT2D eigenvalue weighted by molar-refractivity contribution is -0.143. The maximum Gasteiger partial charge on any atom is 0.416 e. The minimum Gasteiger partial charge on any atom is -0.469 e. The summed E-state index contributed by atoms with van der Waals surface area (Å²) in [4.78, 5) is 25.1. The third-order valence-corrected chi connectivity index (χ3v) is 5.94. The molecule has 0 heterocycles. The Morgan fingerprint density at radius 3 is 2.21 bits per heavy atom. The van der Waals surface area contributed by atoms with Crippen molar-refractivity contribution in [1.82, 2.24) is 5.32 Å². The van der Waals surface area contributed by atoms with E-state index in [0.29, 0.717) is 18.6 Å². The number of hydrogen-bond acceptors (Lipinski definition) is 3. The van der Waals surface area contributed by atoms with Gasteiger partial charge in [-0.2, -0.15) is 13.2 Å². The molecular weight excluding hydrogens is 450 g/mol. The van der Waals surface area contributed by atoms with E-state index < -0.39 is 47.0 Å². The second kappa shape index (κ2) is 9.60. The molecule has 1 aliphatic carbocycles. The molecule has 2 aromatic rings. The van der Waals surface area contributed by atoms with E-state index in [1.165, 1.54) is 7.11 Å². The number of halogens is 4. The molecule has 0 fully saturated rings. The number of esters is 1. The van der Waals surface area contributed by atoms with E-state index in [4.69, 9.17) is 4.74 Å². The van der Waals surface area contributed by atoms with Crippen molar-refractivity contribution in [3.8, 4) is 0 Å². The summed E-state index contributed by atoms with van der Waals surface area (Å²) in [7, 11) is 1.30. The number of carbonyl (C=O) groups excluding carboxylic acids is 2. The molecule has 0 spiro atoms. The van der Waals surface area contributed by atoms with E-state index in [2.05, 4.69) is 26.1 Å². The number of hydrogen-bond donors (Lipinski definition) is 1. The van der Waals surface area contributed by atoms with Crippen LogP contribution in [0.15, 0.2) is 54.6 Å². The number of nitrogens with one attached hydrogen (secondary N) is 1. The van der Waals surface area contributed by atoms with Crippen molar-refractivity contribution in [2.45, 2.75) is 50.7 Å². The maximum absolute atomic E-state index is 13.7. The third kappa shape index (κ3) is 5.85. The molecule has 34 heavy (non-hydrogen) atoms. The van der Waals surface area contributed by atoms with Crippen molar-refractivity contribution in [3.05, 3.63) is 82.7 Å². The predicted molar refractivity (Wildman–Crippen MR) is 120 cm³/mol. The maximum atomic E-state index is 13.7. The van der Waals surface area contributed by atoms with Gasteiger partial charge in [0.2, 0.25) is 0 Å². The van der Waals surface area contributed by atoms with E-state index in [0.717, 1.165) is 17.2 Å². The van der Waals surface area contributed by atoms with E-state index >= 15 is 0 Å². The van der Waals surface area contributed by atoms with Crippen molar-refractivity contribution in [1.29, 1.82) is 0 Å². The van der Waals surface area contributed by atoms with Crippen LogP contribution in [0.5, 0.6) is 0 Å². The average molecular weight is 477 g/mol. The van der Waals surface area contributed by atoms with Gasteiger partial charge in [-0.3, -0.25) is 9.59 Å². The number of amides is 1. The SMILES string of the molecule is COC(=O)[C@H](c1ccc(C(C)(C)C)cc1)[C@H]1C=C[C@H](NC(=O)c2cc(F)cc(C(F)(F)F)c2)C1. The molecule has 1 N–H and O–H groups in total. The van der Waals surface area contributed by atoms with E-state index in [-0.39, 0.29) is 11.3 Å². The molecule has 0 aliphatic heterocycles. The molecule has 1 aliphatic rings. The quantitative estimate of drug-likeness (QED) is 0.338. The number of methoxy groups -OCH3 is 1. The van der Waals surface area contributed by atoms with Crippen molar-refractivity contribution in [2.75, 3.05) is 7.11 Å². The summed E-state index contributed by atoms with van der Waals surface area (Å²) in [6.07, 6.45) is -0.956. The third-order valence-electron chi connectivity index (χ3n) is 5.94. The van der Waals surface area contributed by atoms with Crippen molar-refractivity contribution >= 4 is 11.9 Å². The van der Waals surface area contributed by atoms with Gasteiger partial charge in [0.25, 0.3) is 5.91 Å². The highest BCUT2D eigenvalue weighted by Crippen LogP contribution is 2.36. The standard InChI is InChI=1S/C26H27F4NO3/c1-25(2,3)18-8-5-15(6-9-18)22(24(33)34-4)16-7-10-21(13-16)31-23(32)17-11-19(26(28,29)30)14-20(27)12-17/h5-12,14,16,21-22H,13H2,1-4H3,(H,31,32)/t16-,21-,22+/m0/s1. The Labute approximate surface area is 196 Å². The summed E-state index contributed by atoms with van der Waals surface area (Å²) in [6.45, 7) is 6.26. The molecule has 0 saturated carbocycles. The molecule has 0 saturated heterocycles. The topological polar surface area (TPSA) is 55.4 Å². The van der Waals surface area contributed by atoms with Crippen molar-refractivity contribution in [2.24, 2.45) is 5.92 Å². The van der Waals surface area contributed by atoms with Crippen LogP contribution < -0.4 is 5.32 Å². The highest BCUT2D eigenvalue weighted by molar-refractivity contribution is 5.94. The molecule has 1 amide bonds. The van der Waals surface area contributed by atoms with E-state index in [9.17, 15) is 27.2 Å². The van der Waals surface area contributed by atoms with Crippen LogP contribution in [0.4, 0.5) is 17.6 Å². The van der Waals surface area contributed by atoms with Gasteiger partial charge in [0.15, 0.2) is 0 Å².